The van der Waals surface area contributed by atoms with Crippen LogP contribution in [-0.2, 0) is 11.2 Å². The zero-order chi connectivity index (χ0) is 13.1. The van der Waals surface area contributed by atoms with Crippen LogP contribution in [0.2, 0.25) is 0 Å². The van der Waals surface area contributed by atoms with E-state index in [1.54, 1.807) is 0 Å². The fraction of sp³-hybridized carbons (Fsp3) is 0.438. The Kier molecular flexibility index (Phi) is 3.76. The summed E-state index contributed by atoms with van der Waals surface area (Å²) >= 11 is 0. The van der Waals surface area contributed by atoms with Gasteiger partial charge in [0.15, 0.2) is 0 Å². The maximum absolute atomic E-state index is 6.21. The molecule has 3 nitrogen and oxygen atoms in total. The standard InChI is InChI=1S/C16H20N2O/c17-13(11-15-5-3-9-19-15)10-14-8-7-12-4-1-2-6-16(12)18-14/h1-2,4,6-8,13,15H,3,5,9-11,17H2. The maximum Gasteiger partial charge on any atom is 0.0705 e. The summed E-state index contributed by atoms with van der Waals surface area (Å²) in [6, 6.07) is 12.5. The minimum atomic E-state index is 0.136. The van der Waals surface area contributed by atoms with Crippen LogP contribution in [0.4, 0.5) is 0 Å². The van der Waals surface area contributed by atoms with Crippen LogP contribution in [0.15, 0.2) is 36.4 Å². The molecule has 19 heavy (non-hydrogen) atoms. The van der Waals surface area contributed by atoms with Crippen molar-refractivity contribution in [3.63, 3.8) is 0 Å². The Labute approximate surface area is 113 Å². The second-order valence-electron chi connectivity index (χ2n) is 5.33. The smallest absolute Gasteiger partial charge is 0.0705 e. The van der Waals surface area contributed by atoms with E-state index >= 15 is 0 Å². The van der Waals surface area contributed by atoms with Crippen LogP contribution in [0.25, 0.3) is 10.9 Å². The van der Waals surface area contributed by atoms with Crippen LogP contribution in [0.5, 0.6) is 0 Å². The molecule has 3 rings (SSSR count). The van der Waals surface area contributed by atoms with Crippen LogP contribution >= 0.6 is 0 Å². The lowest BCUT2D eigenvalue weighted by molar-refractivity contribution is 0.0983. The van der Waals surface area contributed by atoms with Crippen molar-refractivity contribution in [1.82, 2.24) is 4.98 Å². The Bertz CT molecular complexity index is 549. The van der Waals surface area contributed by atoms with Crippen molar-refractivity contribution in [3.05, 3.63) is 42.1 Å². The number of hydrogen-bond donors (Lipinski definition) is 1. The van der Waals surface area contributed by atoms with Gasteiger partial charge in [0.25, 0.3) is 0 Å². The zero-order valence-electron chi connectivity index (χ0n) is 11.1. The van der Waals surface area contributed by atoms with Crippen LogP contribution in [-0.4, -0.2) is 23.7 Å². The summed E-state index contributed by atoms with van der Waals surface area (Å²) in [5.41, 5.74) is 8.33. The van der Waals surface area contributed by atoms with Gasteiger partial charge in [0.05, 0.1) is 11.6 Å². The number of rotatable bonds is 4. The summed E-state index contributed by atoms with van der Waals surface area (Å²) in [7, 11) is 0. The van der Waals surface area contributed by atoms with Crippen LogP contribution in [0.1, 0.15) is 25.0 Å². The number of nitrogens with two attached hydrogens (primary N) is 1. The quantitative estimate of drug-likeness (QED) is 0.915. The second-order valence-corrected chi connectivity index (χ2v) is 5.33. The zero-order valence-corrected chi connectivity index (χ0v) is 11.1. The van der Waals surface area contributed by atoms with Crippen molar-refractivity contribution in [2.75, 3.05) is 6.61 Å². The molecular weight excluding hydrogens is 236 g/mol. The van der Waals surface area contributed by atoms with E-state index in [2.05, 4.69) is 23.2 Å². The molecule has 0 aliphatic carbocycles. The lowest BCUT2D eigenvalue weighted by Gasteiger charge is -2.15. The van der Waals surface area contributed by atoms with Crippen molar-refractivity contribution in [2.24, 2.45) is 5.73 Å². The number of aromatic nitrogens is 1. The molecule has 100 valence electrons. The predicted octanol–water partition coefficient (Wildman–Crippen LogP) is 2.67. The van der Waals surface area contributed by atoms with Gasteiger partial charge in [-0.05, 0) is 31.4 Å². The van der Waals surface area contributed by atoms with E-state index in [1.165, 1.54) is 11.8 Å². The predicted molar refractivity (Wildman–Crippen MR) is 77.0 cm³/mol. The molecule has 2 atom stereocenters. The molecule has 1 aromatic heterocycles. The van der Waals surface area contributed by atoms with Gasteiger partial charge in [0.2, 0.25) is 0 Å². The van der Waals surface area contributed by atoms with Crippen molar-refractivity contribution in [2.45, 2.75) is 37.8 Å². The Hall–Kier alpha value is -1.45. The SMILES string of the molecule is NC(Cc1ccc2ccccc2n1)CC1CCCO1. The van der Waals surface area contributed by atoms with Crippen molar-refractivity contribution in [3.8, 4) is 0 Å². The first kappa shape index (κ1) is 12.6. The molecule has 0 radical (unpaired) electrons. The third kappa shape index (κ3) is 3.11. The molecule has 1 aromatic carbocycles. The minimum absolute atomic E-state index is 0.136. The largest absolute Gasteiger partial charge is 0.378 e. The first-order chi connectivity index (χ1) is 9.31. The normalized spacial score (nSPS) is 20.8. The second kappa shape index (κ2) is 5.68. The van der Waals surface area contributed by atoms with Crippen LogP contribution in [0, 0.1) is 0 Å². The fourth-order valence-electron chi connectivity index (χ4n) is 2.74. The van der Waals surface area contributed by atoms with Crippen LogP contribution < -0.4 is 5.73 Å². The third-order valence-electron chi connectivity index (χ3n) is 3.72. The highest BCUT2D eigenvalue weighted by molar-refractivity contribution is 5.78. The molecule has 2 heterocycles. The third-order valence-corrected chi connectivity index (χ3v) is 3.72. The lowest BCUT2D eigenvalue weighted by atomic mass is 10.0. The number of pyridine rings is 1. The topological polar surface area (TPSA) is 48.1 Å². The molecule has 0 saturated carbocycles. The molecule has 2 N–H and O–H groups in total. The molecule has 1 fully saturated rings. The van der Waals surface area contributed by atoms with Crippen molar-refractivity contribution in [1.29, 1.82) is 0 Å². The fourth-order valence-corrected chi connectivity index (χ4v) is 2.74. The van der Waals surface area contributed by atoms with Gasteiger partial charge in [-0.25, -0.2) is 0 Å². The molecule has 0 spiro atoms. The summed E-state index contributed by atoms with van der Waals surface area (Å²) in [6.07, 6.45) is 4.44. The van der Waals surface area contributed by atoms with E-state index < -0.39 is 0 Å². The molecule has 0 amide bonds. The Morgan fingerprint density at radius 1 is 1.26 bits per heavy atom. The van der Waals surface area contributed by atoms with Gasteiger partial charge >= 0.3 is 0 Å². The first-order valence-electron chi connectivity index (χ1n) is 7.03. The number of ether oxygens (including phenoxy) is 1. The monoisotopic (exact) mass is 256 g/mol. The van der Waals surface area contributed by atoms with E-state index in [0.717, 1.165) is 37.1 Å². The highest BCUT2D eigenvalue weighted by Crippen LogP contribution is 2.18. The van der Waals surface area contributed by atoms with E-state index in [0.29, 0.717) is 6.10 Å². The van der Waals surface area contributed by atoms with E-state index in [9.17, 15) is 0 Å². The summed E-state index contributed by atoms with van der Waals surface area (Å²) in [5, 5.41) is 1.18. The minimum Gasteiger partial charge on any atom is -0.378 e. The van der Waals surface area contributed by atoms with E-state index in [-0.39, 0.29) is 6.04 Å². The van der Waals surface area contributed by atoms with Gasteiger partial charge in [-0.3, -0.25) is 4.98 Å². The Morgan fingerprint density at radius 2 is 2.16 bits per heavy atom. The average Bonchev–Trinajstić information content (AvgIpc) is 2.91. The number of para-hydroxylation sites is 1. The van der Waals surface area contributed by atoms with Gasteiger partial charge in [0.1, 0.15) is 0 Å². The van der Waals surface area contributed by atoms with E-state index in [4.69, 9.17) is 10.5 Å². The van der Waals surface area contributed by atoms with Gasteiger partial charge in [0, 0.05) is 30.1 Å². The molecule has 1 aliphatic rings. The van der Waals surface area contributed by atoms with E-state index in [1.807, 2.05) is 18.2 Å². The molecule has 1 saturated heterocycles. The highest BCUT2D eigenvalue weighted by Gasteiger charge is 2.19. The first-order valence-corrected chi connectivity index (χ1v) is 7.03. The lowest BCUT2D eigenvalue weighted by Crippen LogP contribution is -2.28. The van der Waals surface area contributed by atoms with Gasteiger partial charge < -0.3 is 10.5 Å². The van der Waals surface area contributed by atoms with Gasteiger partial charge in [-0.1, -0.05) is 24.3 Å². The summed E-state index contributed by atoms with van der Waals surface area (Å²) in [6.45, 7) is 0.894. The summed E-state index contributed by atoms with van der Waals surface area (Å²) < 4.78 is 5.63. The van der Waals surface area contributed by atoms with Crippen molar-refractivity contribution < 1.29 is 4.74 Å². The average molecular weight is 256 g/mol. The van der Waals surface area contributed by atoms with Crippen molar-refractivity contribution >= 4 is 10.9 Å². The molecule has 2 aromatic rings. The molecule has 1 aliphatic heterocycles. The van der Waals surface area contributed by atoms with Gasteiger partial charge in [-0.15, -0.1) is 0 Å². The Morgan fingerprint density at radius 3 is 3.00 bits per heavy atom. The number of hydrogen-bond acceptors (Lipinski definition) is 3. The number of benzene rings is 1. The molecule has 2 unspecified atom stereocenters. The summed E-state index contributed by atoms with van der Waals surface area (Å²) in [5.74, 6) is 0. The van der Waals surface area contributed by atoms with Gasteiger partial charge in [-0.2, -0.15) is 0 Å². The highest BCUT2D eigenvalue weighted by atomic mass is 16.5. The number of fused-ring (bicyclic) bond motifs is 1. The van der Waals surface area contributed by atoms with Crippen LogP contribution in [0.3, 0.4) is 0 Å². The number of nitrogens with zero attached hydrogens (tertiary/aromatic N) is 1. The maximum atomic E-state index is 6.21. The Balaban J connectivity index is 1.66. The molecule has 3 heteroatoms. The molecular formula is C16H20N2O. The summed E-state index contributed by atoms with van der Waals surface area (Å²) in [4.78, 5) is 4.67. The molecule has 0 bridgehead atoms.